The molecule has 0 saturated carbocycles. The Balaban J connectivity index is 1.99. The summed E-state index contributed by atoms with van der Waals surface area (Å²) in [5.74, 6) is -0.452. The Morgan fingerprint density at radius 2 is 2.28 bits per heavy atom. The molecule has 0 spiro atoms. The zero-order valence-electron chi connectivity index (χ0n) is 10.3. The SMILES string of the molecule is NC(=O)c1ccc(N)c(NCC2CCCCO2)c1. The Kier molecular flexibility index (Phi) is 4.04. The topological polar surface area (TPSA) is 90.4 Å². The Morgan fingerprint density at radius 3 is 2.94 bits per heavy atom. The van der Waals surface area contributed by atoms with Crippen LogP contribution in [0.5, 0.6) is 0 Å². The number of nitrogens with one attached hydrogen (secondary N) is 1. The number of rotatable bonds is 4. The van der Waals surface area contributed by atoms with Crippen LogP contribution in [0.1, 0.15) is 29.6 Å². The van der Waals surface area contributed by atoms with Crippen molar-refractivity contribution in [2.45, 2.75) is 25.4 Å². The van der Waals surface area contributed by atoms with Gasteiger partial charge in [0.2, 0.25) is 5.91 Å². The van der Waals surface area contributed by atoms with Crippen molar-refractivity contribution >= 4 is 17.3 Å². The lowest BCUT2D eigenvalue weighted by Gasteiger charge is -2.23. The van der Waals surface area contributed by atoms with Crippen molar-refractivity contribution in [1.82, 2.24) is 0 Å². The molecule has 1 unspecified atom stereocenters. The minimum Gasteiger partial charge on any atom is -0.397 e. The predicted octanol–water partition coefficient (Wildman–Crippen LogP) is 1.35. The summed E-state index contributed by atoms with van der Waals surface area (Å²) in [5.41, 5.74) is 12.9. The number of carbonyl (C=O) groups excluding carboxylic acids is 1. The van der Waals surface area contributed by atoms with Gasteiger partial charge in [0, 0.05) is 18.7 Å². The molecular weight excluding hydrogens is 230 g/mol. The molecule has 5 nitrogen and oxygen atoms in total. The van der Waals surface area contributed by atoms with Crippen LogP contribution in [0.3, 0.4) is 0 Å². The van der Waals surface area contributed by atoms with Crippen LogP contribution in [0.15, 0.2) is 18.2 Å². The number of ether oxygens (including phenoxy) is 1. The lowest BCUT2D eigenvalue weighted by molar-refractivity contribution is 0.0248. The maximum atomic E-state index is 11.1. The van der Waals surface area contributed by atoms with Crippen molar-refractivity contribution in [2.24, 2.45) is 5.73 Å². The molecule has 0 bridgehead atoms. The number of benzene rings is 1. The predicted molar refractivity (Wildman–Crippen MR) is 71.5 cm³/mol. The fraction of sp³-hybridized carbons (Fsp3) is 0.462. The van der Waals surface area contributed by atoms with Crippen LogP contribution in [-0.2, 0) is 4.74 Å². The van der Waals surface area contributed by atoms with Gasteiger partial charge in [-0.2, -0.15) is 0 Å². The molecule has 5 heteroatoms. The number of hydrogen-bond acceptors (Lipinski definition) is 4. The largest absolute Gasteiger partial charge is 0.397 e. The molecule has 1 heterocycles. The molecule has 1 amide bonds. The van der Waals surface area contributed by atoms with E-state index in [1.807, 2.05) is 0 Å². The molecule has 0 aromatic heterocycles. The van der Waals surface area contributed by atoms with Crippen molar-refractivity contribution in [3.63, 3.8) is 0 Å². The average molecular weight is 249 g/mol. The van der Waals surface area contributed by atoms with E-state index in [1.165, 1.54) is 6.42 Å². The number of anilines is 2. The molecule has 1 aliphatic rings. The van der Waals surface area contributed by atoms with Crippen molar-refractivity contribution < 1.29 is 9.53 Å². The van der Waals surface area contributed by atoms with Gasteiger partial charge < -0.3 is 21.5 Å². The molecule has 1 aromatic rings. The summed E-state index contributed by atoms with van der Waals surface area (Å²) in [4.78, 5) is 11.1. The van der Waals surface area contributed by atoms with E-state index >= 15 is 0 Å². The zero-order chi connectivity index (χ0) is 13.0. The maximum Gasteiger partial charge on any atom is 0.248 e. The smallest absolute Gasteiger partial charge is 0.248 e. The molecular formula is C13H19N3O2. The van der Waals surface area contributed by atoms with Gasteiger partial charge in [0.1, 0.15) is 0 Å². The molecule has 5 N–H and O–H groups in total. The molecule has 1 aromatic carbocycles. The second-order valence-electron chi connectivity index (χ2n) is 4.54. The van der Waals surface area contributed by atoms with Crippen LogP contribution in [0.4, 0.5) is 11.4 Å². The van der Waals surface area contributed by atoms with E-state index in [-0.39, 0.29) is 6.10 Å². The molecule has 1 atom stereocenters. The summed E-state index contributed by atoms with van der Waals surface area (Å²) in [7, 11) is 0. The van der Waals surface area contributed by atoms with E-state index in [9.17, 15) is 4.79 Å². The van der Waals surface area contributed by atoms with Crippen LogP contribution >= 0.6 is 0 Å². The minimum absolute atomic E-state index is 0.218. The van der Waals surface area contributed by atoms with E-state index in [0.29, 0.717) is 17.8 Å². The van der Waals surface area contributed by atoms with Crippen molar-refractivity contribution in [3.8, 4) is 0 Å². The van der Waals surface area contributed by atoms with Gasteiger partial charge in [-0.25, -0.2) is 0 Å². The van der Waals surface area contributed by atoms with Crippen molar-refractivity contribution in [1.29, 1.82) is 0 Å². The second kappa shape index (κ2) is 5.73. The van der Waals surface area contributed by atoms with Gasteiger partial charge in [-0.15, -0.1) is 0 Å². The molecule has 2 rings (SSSR count). The number of nitrogen functional groups attached to an aromatic ring is 1. The van der Waals surface area contributed by atoms with Crippen LogP contribution in [0.25, 0.3) is 0 Å². The first-order valence-electron chi connectivity index (χ1n) is 6.21. The highest BCUT2D eigenvalue weighted by atomic mass is 16.5. The number of primary amides is 1. The Labute approximate surface area is 106 Å². The van der Waals surface area contributed by atoms with Crippen molar-refractivity contribution in [3.05, 3.63) is 23.8 Å². The quantitative estimate of drug-likeness (QED) is 0.702. The molecule has 18 heavy (non-hydrogen) atoms. The highest BCUT2D eigenvalue weighted by Gasteiger charge is 2.14. The summed E-state index contributed by atoms with van der Waals surface area (Å²) >= 11 is 0. The number of hydrogen-bond donors (Lipinski definition) is 3. The molecule has 0 aliphatic carbocycles. The van der Waals surface area contributed by atoms with Crippen molar-refractivity contribution in [2.75, 3.05) is 24.2 Å². The molecule has 0 radical (unpaired) electrons. The van der Waals surface area contributed by atoms with Crippen LogP contribution in [0, 0.1) is 0 Å². The zero-order valence-corrected chi connectivity index (χ0v) is 10.3. The first-order valence-corrected chi connectivity index (χ1v) is 6.21. The lowest BCUT2D eigenvalue weighted by Crippen LogP contribution is -2.27. The number of nitrogens with two attached hydrogens (primary N) is 2. The number of amides is 1. The third kappa shape index (κ3) is 3.13. The standard InChI is InChI=1S/C13H19N3O2/c14-11-5-4-9(13(15)17)7-12(11)16-8-10-3-1-2-6-18-10/h4-5,7,10,16H,1-3,6,8,14H2,(H2,15,17). The molecule has 98 valence electrons. The van der Waals surface area contributed by atoms with Gasteiger partial charge in [-0.1, -0.05) is 0 Å². The number of carbonyl (C=O) groups is 1. The lowest BCUT2D eigenvalue weighted by atomic mass is 10.1. The Hall–Kier alpha value is -1.75. The highest BCUT2D eigenvalue weighted by Crippen LogP contribution is 2.21. The fourth-order valence-corrected chi connectivity index (χ4v) is 2.05. The van der Waals surface area contributed by atoms with E-state index in [0.717, 1.165) is 25.1 Å². The first kappa shape index (κ1) is 12.7. The van der Waals surface area contributed by atoms with E-state index in [1.54, 1.807) is 18.2 Å². The van der Waals surface area contributed by atoms with Gasteiger partial charge in [-0.05, 0) is 37.5 Å². The molecule has 1 saturated heterocycles. The van der Waals surface area contributed by atoms with Crippen LogP contribution in [-0.4, -0.2) is 25.2 Å². The average Bonchev–Trinajstić information content (AvgIpc) is 2.38. The van der Waals surface area contributed by atoms with Gasteiger partial charge in [-0.3, -0.25) is 4.79 Å². The van der Waals surface area contributed by atoms with E-state index in [2.05, 4.69) is 5.32 Å². The summed E-state index contributed by atoms with van der Waals surface area (Å²) in [6.45, 7) is 1.52. The second-order valence-corrected chi connectivity index (χ2v) is 4.54. The summed E-state index contributed by atoms with van der Waals surface area (Å²) in [6, 6.07) is 4.99. The van der Waals surface area contributed by atoms with E-state index < -0.39 is 5.91 Å². The fourth-order valence-electron chi connectivity index (χ4n) is 2.05. The summed E-state index contributed by atoms with van der Waals surface area (Å²) < 4.78 is 5.62. The molecule has 1 aliphatic heterocycles. The van der Waals surface area contributed by atoms with Gasteiger partial charge in [0.05, 0.1) is 17.5 Å². The van der Waals surface area contributed by atoms with Gasteiger partial charge in [0.15, 0.2) is 0 Å². The normalized spacial score (nSPS) is 19.4. The maximum absolute atomic E-state index is 11.1. The highest BCUT2D eigenvalue weighted by molar-refractivity contribution is 5.94. The summed E-state index contributed by atoms with van der Waals surface area (Å²) in [6.07, 6.45) is 3.61. The van der Waals surface area contributed by atoms with Crippen LogP contribution < -0.4 is 16.8 Å². The van der Waals surface area contributed by atoms with E-state index in [4.69, 9.17) is 16.2 Å². The Morgan fingerprint density at radius 1 is 1.44 bits per heavy atom. The molecule has 1 fully saturated rings. The Bertz CT molecular complexity index is 428. The first-order chi connectivity index (χ1) is 8.66. The van der Waals surface area contributed by atoms with Crippen LogP contribution in [0.2, 0.25) is 0 Å². The van der Waals surface area contributed by atoms with Gasteiger partial charge in [0.25, 0.3) is 0 Å². The third-order valence-electron chi connectivity index (χ3n) is 3.13. The summed E-state index contributed by atoms with van der Waals surface area (Å²) in [5, 5.41) is 3.22. The van der Waals surface area contributed by atoms with Gasteiger partial charge >= 0.3 is 0 Å². The third-order valence-corrected chi connectivity index (χ3v) is 3.13. The monoisotopic (exact) mass is 249 g/mol. The minimum atomic E-state index is -0.452.